The van der Waals surface area contributed by atoms with Crippen LogP contribution in [0.5, 0.6) is 5.88 Å². The number of aromatic nitrogens is 4. The summed E-state index contributed by atoms with van der Waals surface area (Å²) in [6, 6.07) is 9.56. The van der Waals surface area contributed by atoms with Crippen LogP contribution < -0.4 is 20.3 Å². The number of benzene rings is 1. The molecule has 2 saturated heterocycles. The molecule has 234 valence electrons. The lowest BCUT2D eigenvalue weighted by Crippen LogP contribution is -2.28. The van der Waals surface area contributed by atoms with Gasteiger partial charge in [0.1, 0.15) is 11.3 Å². The Hall–Kier alpha value is -4.97. The van der Waals surface area contributed by atoms with Crippen LogP contribution >= 0.6 is 0 Å². The Kier molecular flexibility index (Phi) is 8.40. The number of aromatic amines is 1. The summed E-state index contributed by atoms with van der Waals surface area (Å²) in [4.78, 5) is 47.7. The molecule has 0 unspecified atom stereocenters. The summed E-state index contributed by atoms with van der Waals surface area (Å²) in [5, 5.41) is 7.07. The summed E-state index contributed by atoms with van der Waals surface area (Å²) in [6.07, 6.45) is 4.19. The van der Waals surface area contributed by atoms with E-state index in [2.05, 4.69) is 44.0 Å². The molecule has 1 amide bonds. The van der Waals surface area contributed by atoms with E-state index in [-0.39, 0.29) is 23.5 Å². The second kappa shape index (κ2) is 12.6. The van der Waals surface area contributed by atoms with Crippen LogP contribution in [0, 0.1) is 11.8 Å². The third-order valence-electron chi connectivity index (χ3n) is 8.10. The SMILES string of the molecule is C=CC(=O)Nc1cc(Nc2ncc(C(=O)OC(C)C)c(-c3c[nH]c4ccccc34)n2)c(OCC)nc1N1C[C@H]2CN(C)C[C@H]2C1. The number of esters is 1. The second-order valence-electron chi connectivity index (χ2n) is 11.8. The molecule has 45 heavy (non-hydrogen) atoms. The lowest BCUT2D eigenvalue weighted by molar-refractivity contribution is -0.111. The average Bonchev–Trinajstić information content (AvgIpc) is 3.71. The standard InChI is InChI=1S/C33H38N8O4/c1-6-28(42)36-26-12-27(31(44-7-2)39-30(26)41-17-20-15-40(5)16-21(20)18-41)37-33-35-14-24(32(43)45-19(3)4)29(38-33)23-13-34-25-11-9-8-10-22(23)25/h6,8-14,19-21,34H,1,7,15-18H2,2-5H3,(H,36,42)(H,35,37,38)/t20-,21+. The van der Waals surface area contributed by atoms with Crippen LogP contribution in [0.4, 0.5) is 23.1 Å². The lowest BCUT2D eigenvalue weighted by Gasteiger charge is -2.24. The maximum atomic E-state index is 13.1. The van der Waals surface area contributed by atoms with Crippen molar-refractivity contribution in [3.63, 3.8) is 0 Å². The first-order valence-electron chi connectivity index (χ1n) is 15.2. The maximum Gasteiger partial charge on any atom is 0.342 e. The molecule has 0 aliphatic carbocycles. The number of hydrogen-bond acceptors (Lipinski definition) is 10. The van der Waals surface area contributed by atoms with Crippen molar-refractivity contribution in [2.45, 2.75) is 26.9 Å². The largest absolute Gasteiger partial charge is 0.476 e. The Morgan fingerprint density at radius 3 is 2.60 bits per heavy atom. The molecule has 2 atom stereocenters. The average molecular weight is 611 g/mol. The molecule has 6 rings (SSSR count). The molecule has 12 nitrogen and oxygen atoms in total. The third kappa shape index (κ3) is 6.18. The molecule has 12 heteroatoms. The van der Waals surface area contributed by atoms with Crippen LogP contribution in [0.2, 0.25) is 0 Å². The van der Waals surface area contributed by atoms with Gasteiger partial charge in [0.25, 0.3) is 0 Å². The first-order chi connectivity index (χ1) is 21.7. The number of ether oxygens (including phenoxy) is 2. The highest BCUT2D eigenvalue weighted by Gasteiger charge is 2.40. The maximum absolute atomic E-state index is 13.1. The van der Waals surface area contributed by atoms with Crippen LogP contribution in [0.3, 0.4) is 0 Å². The van der Waals surface area contributed by atoms with Crippen LogP contribution in [-0.4, -0.2) is 82.6 Å². The predicted octanol–water partition coefficient (Wildman–Crippen LogP) is 4.85. The number of anilines is 4. The van der Waals surface area contributed by atoms with Crippen LogP contribution in [-0.2, 0) is 9.53 Å². The van der Waals surface area contributed by atoms with Gasteiger partial charge >= 0.3 is 5.97 Å². The van der Waals surface area contributed by atoms with Gasteiger partial charge in [0, 0.05) is 55.0 Å². The van der Waals surface area contributed by atoms with Gasteiger partial charge in [-0.05, 0) is 57.9 Å². The first kappa shape index (κ1) is 30.1. The normalized spacial score (nSPS) is 17.8. The topological polar surface area (TPSA) is 138 Å². The monoisotopic (exact) mass is 610 g/mol. The molecule has 3 aromatic heterocycles. The van der Waals surface area contributed by atoms with Crippen molar-refractivity contribution in [3.05, 3.63) is 60.9 Å². The van der Waals surface area contributed by atoms with Gasteiger partial charge < -0.3 is 34.9 Å². The molecule has 5 heterocycles. The van der Waals surface area contributed by atoms with E-state index in [0.29, 0.717) is 47.2 Å². The first-order valence-corrected chi connectivity index (χ1v) is 15.2. The lowest BCUT2D eigenvalue weighted by atomic mass is 10.0. The fourth-order valence-corrected chi connectivity index (χ4v) is 6.20. The fraction of sp³-hybridized carbons (Fsp3) is 0.364. The van der Waals surface area contributed by atoms with E-state index in [4.69, 9.17) is 19.4 Å². The number of amides is 1. The van der Waals surface area contributed by atoms with Gasteiger partial charge in [-0.2, -0.15) is 4.98 Å². The Morgan fingerprint density at radius 2 is 1.89 bits per heavy atom. The van der Waals surface area contributed by atoms with Crippen molar-refractivity contribution in [3.8, 4) is 17.1 Å². The number of fused-ring (bicyclic) bond motifs is 2. The van der Waals surface area contributed by atoms with Gasteiger partial charge in [0.05, 0.1) is 24.1 Å². The number of hydrogen-bond donors (Lipinski definition) is 3. The van der Waals surface area contributed by atoms with Crippen LogP contribution in [0.25, 0.3) is 22.2 Å². The third-order valence-corrected chi connectivity index (χ3v) is 8.10. The van der Waals surface area contributed by atoms with Gasteiger partial charge in [0.15, 0.2) is 5.82 Å². The predicted molar refractivity (Wildman–Crippen MR) is 174 cm³/mol. The summed E-state index contributed by atoms with van der Waals surface area (Å²) in [5.74, 6) is 1.40. The zero-order valence-corrected chi connectivity index (χ0v) is 26.0. The summed E-state index contributed by atoms with van der Waals surface area (Å²) >= 11 is 0. The zero-order valence-electron chi connectivity index (χ0n) is 26.0. The van der Waals surface area contributed by atoms with Gasteiger partial charge in [-0.15, -0.1) is 0 Å². The number of para-hydroxylation sites is 1. The van der Waals surface area contributed by atoms with Crippen molar-refractivity contribution in [2.75, 3.05) is 55.4 Å². The van der Waals surface area contributed by atoms with Crippen molar-refractivity contribution in [1.29, 1.82) is 0 Å². The number of carbonyl (C=O) groups excluding carboxylic acids is 2. The number of carbonyl (C=O) groups is 2. The van der Waals surface area contributed by atoms with E-state index < -0.39 is 5.97 Å². The van der Waals surface area contributed by atoms with Crippen molar-refractivity contribution >= 4 is 45.9 Å². The number of likely N-dealkylation sites (tertiary alicyclic amines) is 1. The highest BCUT2D eigenvalue weighted by molar-refractivity contribution is 6.03. The smallest absolute Gasteiger partial charge is 0.342 e. The summed E-state index contributed by atoms with van der Waals surface area (Å²) in [5.41, 5.74) is 3.26. The number of pyridine rings is 1. The highest BCUT2D eigenvalue weighted by Crippen LogP contribution is 2.40. The molecular weight excluding hydrogens is 572 g/mol. The zero-order chi connectivity index (χ0) is 31.7. The molecule has 3 N–H and O–H groups in total. The minimum atomic E-state index is -0.520. The van der Waals surface area contributed by atoms with E-state index in [9.17, 15) is 9.59 Å². The van der Waals surface area contributed by atoms with Crippen molar-refractivity contribution in [1.82, 2.24) is 24.8 Å². The Balaban J connectivity index is 1.40. The summed E-state index contributed by atoms with van der Waals surface area (Å²) in [7, 11) is 2.15. The number of rotatable bonds is 10. The molecule has 0 spiro atoms. The number of H-pyrrole nitrogens is 1. The Labute approximate surface area is 261 Å². The van der Waals surface area contributed by atoms with E-state index in [1.807, 2.05) is 37.4 Å². The quantitative estimate of drug-likeness (QED) is 0.169. The number of nitrogens with zero attached hydrogens (tertiary/aromatic N) is 5. The van der Waals surface area contributed by atoms with Crippen molar-refractivity contribution < 1.29 is 19.1 Å². The molecule has 2 aliphatic rings. The van der Waals surface area contributed by atoms with E-state index in [1.54, 1.807) is 19.9 Å². The minimum absolute atomic E-state index is 0.214. The summed E-state index contributed by atoms with van der Waals surface area (Å²) in [6.45, 7) is 13.2. The molecule has 1 aromatic carbocycles. The molecule has 2 aliphatic heterocycles. The van der Waals surface area contributed by atoms with Crippen molar-refractivity contribution in [2.24, 2.45) is 11.8 Å². The Morgan fingerprint density at radius 1 is 1.13 bits per heavy atom. The molecule has 0 radical (unpaired) electrons. The highest BCUT2D eigenvalue weighted by atomic mass is 16.5. The van der Waals surface area contributed by atoms with Gasteiger partial charge in [-0.1, -0.05) is 24.8 Å². The number of nitrogens with one attached hydrogen (secondary N) is 3. The Bertz CT molecular complexity index is 1740. The van der Waals surface area contributed by atoms with Gasteiger partial charge in [0.2, 0.25) is 17.7 Å². The second-order valence-corrected chi connectivity index (χ2v) is 11.8. The minimum Gasteiger partial charge on any atom is -0.476 e. The molecule has 2 fully saturated rings. The van der Waals surface area contributed by atoms with Crippen LogP contribution in [0.1, 0.15) is 31.1 Å². The fourth-order valence-electron chi connectivity index (χ4n) is 6.20. The van der Waals surface area contributed by atoms with Gasteiger partial charge in [-0.3, -0.25) is 4.79 Å². The molecule has 0 bridgehead atoms. The van der Waals surface area contributed by atoms with E-state index in [1.165, 1.54) is 12.3 Å². The molecule has 4 aromatic rings. The molecular formula is C33H38N8O4. The van der Waals surface area contributed by atoms with E-state index >= 15 is 0 Å². The van der Waals surface area contributed by atoms with Crippen LogP contribution in [0.15, 0.2) is 55.4 Å². The molecule has 0 saturated carbocycles. The summed E-state index contributed by atoms with van der Waals surface area (Å²) < 4.78 is 11.5. The van der Waals surface area contributed by atoms with Gasteiger partial charge in [-0.25, -0.2) is 14.8 Å². The van der Waals surface area contributed by atoms with E-state index in [0.717, 1.165) is 42.6 Å².